The fourth-order valence-electron chi connectivity index (χ4n) is 9.97. The molecule has 6 heteroatoms. The molecular weight excluding hydrogens is 444 g/mol. The van der Waals surface area contributed by atoms with E-state index in [-0.39, 0.29) is 35.1 Å². The highest BCUT2D eigenvalue weighted by Crippen LogP contribution is 2.69. The Balaban J connectivity index is 1.47. The van der Waals surface area contributed by atoms with E-state index in [1.165, 1.54) is 0 Å². The molecule has 0 aromatic rings. The number of carbonyl (C=O) groups excluding carboxylic acids is 1. The van der Waals surface area contributed by atoms with Gasteiger partial charge < -0.3 is 25.2 Å². The molecule has 5 fully saturated rings. The van der Waals surface area contributed by atoms with Gasteiger partial charge in [-0.2, -0.15) is 0 Å². The van der Waals surface area contributed by atoms with Gasteiger partial charge in [0.05, 0.1) is 23.9 Å². The smallest absolute Gasteiger partial charge is 0.155 e. The molecule has 4 N–H and O–H groups in total. The molecule has 1 saturated heterocycles. The molecule has 0 radical (unpaired) electrons. The Hall–Kier alpha value is -0.530. The molecule has 5 aliphatic rings. The third kappa shape index (κ3) is 3.64. The molecule has 0 aromatic heterocycles. The van der Waals surface area contributed by atoms with Crippen molar-refractivity contribution in [2.75, 3.05) is 0 Å². The molecule has 4 saturated carbocycles. The maximum absolute atomic E-state index is 13.8. The summed E-state index contributed by atoms with van der Waals surface area (Å²) in [4.78, 5) is 13.8. The Bertz CT molecular complexity index is 830. The summed E-state index contributed by atoms with van der Waals surface area (Å²) in [5, 5.41) is 45.5. The van der Waals surface area contributed by atoms with Crippen LogP contribution in [0.15, 0.2) is 0 Å². The molecule has 4 aliphatic carbocycles. The topological polar surface area (TPSA) is 107 Å². The van der Waals surface area contributed by atoms with Crippen LogP contribution in [-0.4, -0.2) is 56.4 Å². The first-order valence-electron chi connectivity index (χ1n) is 14.3. The lowest BCUT2D eigenvalue weighted by Gasteiger charge is -2.67. The Morgan fingerprint density at radius 1 is 0.971 bits per heavy atom. The normalized spacial score (nSPS) is 55.3. The first-order chi connectivity index (χ1) is 16.3. The molecule has 0 aromatic carbocycles. The Morgan fingerprint density at radius 3 is 2.37 bits per heavy atom. The van der Waals surface area contributed by atoms with E-state index in [1.807, 2.05) is 0 Å². The van der Waals surface area contributed by atoms with Gasteiger partial charge in [-0.1, -0.05) is 47.5 Å². The van der Waals surface area contributed by atoms with Crippen molar-refractivity contribution < 1.29 is 30.0 Å². The summed E-state index contributed by atoms with van der Waals surface area (Å²) in [6.07, 6.45) is 4.06. The van der Waals surface area contributed by atoms with Gasteiger partial charge in [0.1, 0.15) is 5.78 Å². The zero-order valence-electron chi connectivity index (χ0n) is 22.3. The van der Waals surface area contributed by atoms with E-state index in [4.69, 9.17) is 4.74 Å². The maximum Gasteiger partial charge on any atom is 0.155 e. The highest BCUT2D eigenvalue weighted by atomic mass is 16.6. The quantitative estimate of drug-likeness (QED) is 0.479. The van der Waals surface area contributed by atoms with Crippen LogP contribution in [0.2, 0.25) is 0 Å². The second kappa shape index (κ2) is 8.76. The van der Waals surface area contributed by atoms with Crippen molar-refractivity contribution in [3.05, 3.63) is 0 Å². The number of rotatable bonds is 3. The van der Waals surface area contributed by atoms with E-state index >= 15 is 0 Å². The lowest BCUT2D eigenvalue weighted by molar-refractivity contribution is -0.291. The van der Waals surface area contributed by atoms with Crippen molar-refractivity contribution in [1.82, 2.24) is 0 Å². The van der Waals surface area contributed by atoms with Crippen LogP contribution in [0.5, 0.6) is 0 Å². The summed E-state index contributed by atoms with van der Waals surface area (Å²) in [6.45, 7) is 10.8. The summed E-state index contributed by atoms with van der Waals surface area (Å²) < 4.78 is 6.06. The zero-order valence-corrected chi connectivity index (χ0v) is 22.3. The molecule has 0 amide bonds. The van der Waals surface area contributed by atoms with E-state index in [2.05, 4.69) is 34.6 Å². The number of ketones is 1. The number of aliphatic hydroxyl groups is 4. The van der Waals surface area contributed by atoms with Crippen molar-refractivity contribution in [3.63, 3.8) is 0 Å². The predicted octanol–water partition coefficient (Wildman–Crippen LogP) is 3.68. The summed E-state index contributed by atoms with van der Waals surface area (Å²) in [5.41, 5.74) is -2.00. The van der Waals surface area contributed by atoms with Crippen LogP contribution in [0.1, 0.15) is 92.4 Å². The largest absolute Gasteiger partial charge is 0.390 e. The number of carbonyl (C=O) groups is 1. The van der Waals surface area contributed by atoms with Crippen LogP contribution in [0.3, 0.4) is 0 Å². The second-order valence-corrected chi connectivity index (χ2v) is 13.9. The van der Waals surface area contributed by atoms with Crippen LogP contribution in [-0.2, 0) is 9.53 Å². The minimum absolute atomic E-state index is 0.0638. The van der Waals surface area contributed by atoms with Gasteiger partial charge in [-0.25, -0.2) is 0 Å². The van der Waals surface area contributed by atoms with Crippen molar-refractivity contribution in [2.24, 2.45) is 52.3 Å². The van der Waals surface area contributed by atoms with E-state index < -0.39 is 41.3 Å². The van der Waals surface area contributed by atoms with Crippen LogP contribution in [0.25, 0.3) is 0 Å². The average molecular weight is 493 g/mol. The molecule has 9 unspecified atom stereocenters. The molecule has 35 heavy (non-hydrogen) atoms. The standard InChI is InChI=1S/C29H48O6/c1-15(2)17-12-21(35-22(31)13-17)16(3)19-14-20(30)23-24-26(33)25(32)18-8-6-7-9-28(18,5)29(24,34)11-10-27(19,23)4/h15-19,21-26,31-34H,6-14H2,1-5H3/t16?,17?,18?,19?,21?,22?,23?,24?,25-,26?,27-,28+,29-/m1/s1. The van der Waals surface area contributed by atoms with Crippen LogP contribution < -0.4 is 0 Å². The van der Waals surface area contributed by atoms with Crippen molar-refractivity contribution >= 4 is 5.78 Å². The molecule has 1 heterocycles. The first-order valence-corrected chi connectivity index (χ1v) is 14.3. The number of hydrogen-bond donors (Lipinski definition) is 4. The van der Waals surface area contributed by atoms with E-state index in [0.717, 1.165) is 38.5 Å². The second-order valence-electron chi connectivity index (χ2n) is 13.9. The predicted molar refractivity (Wildman–Crippen MR) is 132 cm³/mol. The van der Waals surface area contributed by atoms with Crippen molar-refractivity contribution in [1.29, 1.82) is 0 Å². The minimum Gasteiger partial charge on any atom is -0.390 e. The van der Waals surface area contributed by atoms with Crippen LogP contribution in [0.4, 0.5) is 0 Å². The summed E-state index contributed by atoms with van der Waals surface area (Å²) >= 11 is 0. The third-order valence-corrected chi connectivity index (χ3v) is 12.2. The lowest BCUT2D eigenvalue weighted by Crippen LogP contribution is -2.73. The van der Waals surface area contributed by atoms with Gasteiger partial charge in [0.15, 0.2) is 6.29 Å². The SMILES string of the molecule is CC(C)C1CC(O)OC(C(C)C2CC(=O)C3C4C(O)[C@H](O)C5CCCC[C@]5(C)[C@@]4(O)CC[C@]23C)C1. The fourth-order valence-corrected chi connectivity index (χ4v) is 9.97. The summed E-state index contributed by atoms with van der Waals surface area (Å²) in [5.74, 6) is -0.115. The zero-order chi connectivity index (χ0) is 25.5. The first kappa shape index (κ1) is 26.1. The highest BCUT2D eigenvalue weighted by molar-refractivity contribution is 5.85. The molecule has 0 bridgehead atoms. The molecule has 0 spiro atoms. The van der Waals surface area contributed by atoms with Gasteiger partial charge in [0, 0.05) is 30.1 Å². The Kier molecular flexibility index (Phi) is 6.53. The van der Waals surface area contributed by atoms with Crippen molar-refractivity contribution in [3.8, 4) is 0 Å². The summed E-state index contributed by atoms with van der Waals surface area (Å²) in [6, 6.07) is 0. The molecule has 6 nitrogen and oxygen atoms in total. The number of fused-ring (bicyclic) bond motifs is 5. The van der Waals surface area contributed by atoms with Crippen molar-refractivity contribution in [2.45, 2.75) is 123 Å². The number of Topliss-reactive ketones (excluding diaryl/α,β-unsaturated/α-hetero) is 1. The van der Waals surface area contributed by atoms with Gasteiger partial charge in [-0.05, 0) is 67.1 Å². The van der Waals surface area contributed by atoms with Gasteiger partial charge in [-0.15, -0.1) is 0 Å². The maximum atomic E-state index is 13.8. The Morgan fingerprint density at radius 2 is 1.69 bits per heavy atom. The number of ether oxygens (including phenoxy) is 1. The van der Waals surface area contributed by atoms with E-state index in [0.29, 0.717) is 31.1 Å². The molecular formula is C29H48O6. The number of hydrogen-bond acceptors (Lipinski definition) is 6. The van der Waals surface area contributed by atoms with E-state index in [1.54, 1.807) is 0 Å². The molecule has 1 aliphatic heterocycles. The monoisotopic (exact) mass is 492 g/mol. The molecule has 5 rings (SSSR count). The molecule has 13 atom stereocenters. The van der Waals surface area contributed by atoms with Gasteiger partial charge >= 0.3 is 0 Å². The van der Waals surface area contributed by atoms with Gasteiger partial charge in [0.2, 0.25) is 0 Å². The average Bonchev–Trinajstić information content (AvgIpc) is 3.07. The van der Waals surface area contributed by atoms with E-state index in [9.17, 15) is 25.2 Å². The molecule has 200 valence electrons. The minimum atomic E-state index is -1.14. The summed E-state index contributed by atoms with van der Waals surface area (Å²) in [7, 11) is 0. The van der Waals surface area contributed by atoms with Gasteiger partial charge in [-0.3, -0.25) is 4.79 Å². The van der Waals surface area contributed by atoms with Gasteiger partial charge in [0.25, 0.3) is 0 Å². The highest BCUT2D eigenvalue weighted by Gasteiger charge is 2.73. The third-order valence-electron chi connectivity index (χ3n) is 12.2. The lowest BCUT2D eigenvalue weighted by atomic mass is 9.41. The Labute approximate surface area is 210 Å². The van der Waals surface area contributed by atoms with Crippen LogP contribution >= 0.6 is 0 Å². The van der Waals surface area contributed by atoms with Crippen LogP contribution in [0, 0.1) is 52.3 Å². The number of aliphatic hydroxyl groups excluding tert-OH is 3. The fraction of sp³-hybridized carbons (Fsp3) is 0.966.